The predicted molar refractivity (Wildman–Crippen MR) is 85.4 cm³/mol. The zero-order valence-electron chi connectivity index (χ0n) is 10.9. The number of benzene rings is 1. The third-order valence-electron chi connectivity index (χ3n) is 2.90. The van der Waals surface area contributed by atoms with E-state index in [1.807, 2.05) is 29.6 Å². The van der Waals surface area contributed by atoms with Gasteiger partial charge in [-0.2, -0.15) is 28.8 Å². The molecule has 0 amide bonds. The van der Waals surface area contributed by atoms with E-state index in [0.717, 1.165) is 17.3 Å². The number of sulfonamides is 1. The van der Waals surface area contributed by atoms with Crippen molar-refractivity contribution >= 4 is 33.5 Å². The van der Waals surface area contributed by atoms with Gasteiger partial charge >= 0.3 is 0 Å². The summed E-state index contributed by atoms with van der Waals surface area (Å²) in [7, 11) is -3.39. The van der Waals surface area contributed by atoms with Crippen LogP contribution < -0.4 is 4.72 Å². The molecule has 1 unspecified atom stereocenters. The summed E-state index contributed by atoms with van der Waals surface area (Å²) in [6.07, 6.45) is 0. The number of nitrogens with one attached hydrogen (secondary N) is 1. The van der Waals surface area contributed by atoms with Gasteiger partial charge in [-0.05, 0) is 11.6 Å². The van der Waals surface area contributed by atoms with Gasteiger partial charge in [0.15, 0.2) is 0 Å². The molecule has 0 aliphatic carbocycles. The summed E-state index contributed by atoms with van der Waals surface area (Å²) in [5.74, 6) is 3.07. The van der Waals surface area contributed by atoms with Crippen molar-refractivity contribution in [3.63, 3.8) is 0 Å². The lowest BCUT2D eigenvalue weighted by molar-refractivity contribution is 0.580. The van der Waals surface area contributed by atoms with Gasteiger partial charge in [0, 0.05) is 29.1 Å². The first-order valence-electron chi connectivity index (χ1n) is 6.25. The Labute approximate surface area is 128 Å². The molecule has 108 valence electrons. The highest BCUT2D eigenvalue weighted by atomic mass is 32.2. The Morgan fingerprint density at radius 2 is 2.15 bits per heavy atom. The summed E-state index contributed by atoms with van der Waals surface area (Å²) >= 11 is 3.68. The molecule has 2 rings (SSSR count). The van der Waals surface area contributed by atoms with E-state index in [-0.39, 0.29) is 5.75 Å². The Balaban J connectivity index is 1.95. The van der Waals surface area contributed by atoms with Gasteiger partial charge in [0.2, 0.25) is 10.0 Å². The molecular formula is C13H16N2O2S3. The summed E-state index contributed by atoms with van der Waals surface area (Å²) in [6.45, 7) is 0.467. The molecule has 0 bridgehead atoms. The van der Waals surface area contributed by atoms with Gasteiger partial charge < -0.3 is 0 Å². The highest BCUT2D eigenvalue weighted by Crippen LogP contribution is 2.23. The largest absolute Gasteiger partial charge is 0.215 e. The molecule has 1 atom stereocenters. The van der Waals surface area contributed by atoms with E-state index in [1.165, 1.54) is 0 Å². The molecular weight excluding hydrogens is 312 g/mol. The second-order valence-corrected chi connectivity index (χ2v) is 8.81. The fourth-order valence-electron chi connectivity index (χ4n) is 1.89. The fourth-order valence-corrected chi connectivity index (χ4v) is 5.82. The quantitative estimate of drug-likeness (QED) is 0.893. The lowest BCUT2D eigenvalue weighted by Crippen LogP contribution is -2.34. The molecule has 1 N–H and O–H groups in total. The lowest BCUT2D eigenvalue weighted by atomic mass is 10.1. The topological polar surface area (TPSA) is 70.0 Å². The van der Waals surface area contributed by atoms with Gasteiger partial charge in [-0.1, -0.05) is 18.2 Å². The number of nitriles is 1. The number of nitrogens with zero attached hydrogens (tertiary/aromatic N) is 1. The zero-order chi connectivity index (χ0) is 14.4. The summed E-state index contributed by atoms with van der Waals surface area (Å²) in [6, 6.07) is 8.83. The minimum atomic E-state index is -3.39. The van der Waals surface area contributed by atoms with Crippen LogP contribution in [0.5, 0.6) is 0 Å². The van der Waals surface area contributed by atoms with Crippen LogP contribution in [0.25, 0.3) is 0 Å². The molecule has 0 aromatic heterocycles. The van der Waals surface area contributed by atoms with E-state index < -0.39 is 10.0 Å². The molecule has 0 radical (unpaired) electrons. The van der Waals surface area contributed by atoms with Crippen LogP contribution in [0.4, 0.5) is 0 Å². The average Bonchev–Trinajstić information content (AvgIpc) is 2.47. The lowest BCUT2D eigenvalue weighted by Gasteiger charge is -2.21. The van der Waals surface area contributed by atoms with Gasteiger partial charge in [0.25, 0.3) is 0 Å². The minimum Gasteiger partial charge on any atom is -0.214 e. The number of thioether (sulfide) groups is 2. The van der Waals surface area contributed by atoms with Crippen LogP contribution in [-0.4, -0.2) is 37.5 Å². The van der Waals surface area contributed by atoms with Crippen LogP contribution in [0.2, 0.25) is 0 Å². The maximum Gasteiger partial charge on any atom is 0.215 e. The molecule has 1 aliphatic heterocycles. The number of rotatable bonds is 5. The van der Waals surface area contributed by atoms with Crippen LogP contribution in [0.15, 0.2) is 24.3 Å². The molecule has 4 nitrogen and oxygen atoms in total. The SMILES string of the molecule is N#Cc1ccccc1CS(=O)(=O)NCC1CSCCS1. The van der Waals surface area contributed by atoms with Gasteiger partial charge in [0.05, 0.1) is 17.4 Å². The normalized spacial score (nSPS) is 19.4. The first-order chi connectivity index (χ1) is 9.61. The fraction of sp³-hybridized carbons (Fsp3) is 0.462. The van der Waals surface area contributed by atoms with E-state index in [9.17, 15) is 8.42 Å². The highest BCUT2D eigenvalue weighted by Gasteiger charge is 2.19. The number of hydrogen-bond donors (Lipinski definition) is 1. The smallest absolute Gasteiger partial charge is 0.214 e. The summed E-state index contributed by atoms with van der Waals surface area (Å²) in [4.78, 5) is 0. The Morgan fingerprint density at radius 3 is 2.85 bits per heavy atom. The van der Waals surface area contributed by atoms with E-state index in [1.54, 1.807) is 24.3 Å². The predicted octanol–water partition coefficient (Wildman–Crippen LogP) is 1.83. The third-order valence-corrected chi connectivity index (χ3v) is 7.04. The van der Waals surface area contributed by atoms with Crippen molar-refractivity contribution in [2.75, 3.05) is 23.8 Å². The first-order valence-corrected chi connectivity index (χ1v) is 10.1. The van der Waals surface area contributed by atoms with E-state index in [0.29, 0.717) is 22.9 Å². The molecule has 1 fully saturated rings. The van der Waals surface area contributed by atoms with Crippen LogP contribution in [-0.2, 0) is 15.8 Å². The Kier molecular flexibility index (Phi) is 5.78. The second kappa shape index (κ2) is 7.36. The highest BCUT2D eigenvalue weighted by molar-refractivity contribution is 8.06. The van der Waals surface area contributed by atoms with Crippen molar-refractivity contribution in [1.82, 2.24) is 4.72 Å². The van der Waals surface area contributed by atoms with E-state index in [2.05, 4.69) is 4.72 Å². The maximum atomic E-state index is 12.1. The standard InChI is InChI=1S/C13H16N2O2S3/c14-7-11-3-1-2-4-12(11)10-20(16,17)15-8-13-9-18-5-6-19-13/h1-4,13,15H,5-6,8-10H2. The van der Waals surface area contributed by atoms with Gasteiger partial charge in [-0.15, -0.1) is 0 Å². The van der Waals surface area contributed by atoms with Crippen molar-refractivity contribution in [2.45, 2.75) is 11.0 Å². The molecule has 7 heteroatoms. The summed E-state index contributed by atoms with van der Waals surface area (Å²) in [5.41, 5.74) is 0.966. The summed E-state index contributed by atoms with van der Waals surface area (Å²) in [5, 5.41) is 9.32. The Morgan fingerprint density at radius 1 is 1.35 bits per heavy atom. The molecule has 1 aromatic carbocycles. The van der Waals surface area contributed by atoms with Gasteiger partial charge in [-0.25, -0.2) is 13.1 Å². The van der Waals surface area contributed by atoms with Crippen LogP contribution in [0, 0.1) is 11.3 Å². The Hall–Kier alpha value is -0.680. The van der Waals surface area contributed by atoms with E-state index >= 15 is 0 Å². The van der Waals surface area contributed by atoms with Crippen molar-refractivity contribution in [3.05, 3.63) is 35.4 Å². The third kappa shape index (κ3) is 4.70. The average molecular weight is 328 g/mol. The number of hydrogen-bond acceptors (Lipinski definition) is 5. The van der Waals surface area contributed by atoms with Crippen molar-refractivity contribution in [1.29, 1.82) is 5.26 Å². The van der Waals surface area contributed by atoms with Gasteiger partial charge in [0.1, 0.15) is 0 Å². The van der Waals surface area contributed by atoms with Crippen molar-refractivity contribution < 1.29 is 8.42 Å². The molecule has 1 saturated heterocycles. The maximum absolute atomic E-state index is 12.1. The minimum absolute atomic E-state index is 0.138. The van der Waals surface area contributed by atoms with Crippen LogP contribution in [0.3, 0.4) is 0 Å². The second-order valence-electron chi connectivity index (χ2n) is 4.44. The molecule has 1 aromatic rings. The summed E-state index contributed by atoms with van der Waals surface area (Å²) < 4.78 is 26.8. The first kappa shape index (κ1) is 15.7. The molecule has 1 aliphatic rings. The zero-order valence-corrected chi connectivity index (χ0v) is 13.4. The van der Waals surface area contributed by atoms with E-state index in [4.69, 9.17) is 5.26 Å². The van der Waals surface area contributed by atoms with Crippen molar-refractivity contribution in [3.8, 4) is 6.07 Å². The van der Waals surface area contributed by atoms with Gasteiger partial charge in [-0.3, -0.25) is 0 Å². The molecule has 0 saturated carbocycles. The Bertz CT molecular complexity index is 590. The van der Waals surface area contributed by atoms with Crippen molar-refractivity contribution in [2.24, 2.45) is 0 Å². The van der Waals surface area contributed by atoms with Crippen LogP contribution >= 0.6 is 23.5 Å². The monoisotopic (exact) mass is 328 g/mol. The molecule has 0 spiro atoms. The molecule has 1 heterocycles. The van der Waals surface area contributed by atoms with Crippen LogP contribution in [0.1, 0.15) is 11.1 Å². The molecule has 20 heavy (non-hydrogen) atoms.